The predicted molar refractivity (Wildman–Crippen MR) is 125 cm³/mol. The zero-order valence-electron chi connectivity index (χ0n) is 15.7. The van der Waals surface area contributed by atoms with Crippen molar-refractivity contribution in [3.8, 4) is 0 Å². The van der Waals surface area contributed by atoms with Gasteiger partial charge in [0.1, 0.15) is 0 Å². The van der Waals surface area contributed by atoms with Crippen LogP contribution in [0, 0.1) is 0 Å². The smallest absolute Gasteiger partial charge is 0.229 e. The first-order valence-electron chi connectivity index (χ1n) is 8.82. The van der Waals surface area contributed by atoms with E-state index >= 15 is 0 Å². The Morgan fingerprint density at radius 2 is 1.93 bits per heavy atom. The maximum absolute atomic E-state index is 13.0. The topological polar surface area (TPSA) is 36.4 Å². The molecule has 1 amide bonds. The molecular weight excluding hydrogens is 478 g/mol. The Morgan fingerprint density at radius 1 is 1.18 bits per heavy atom. The molecule has 0 bridgehead atoms. The van der Waals surface area contributed by atoms with Gasteiger partial charge in [-0.1, -0.05) is 38.9 Å². The Bertz CT molecular complexity index is 946. The van der Waals surface area contributed by atoms with Crippen molar-refractivity contribution in [2.24, 2.45) is 0 Å². The van der Waals surface area contributed by atoms with Crippen molar-refractivity contribution in [1.82, 2.24) is 9.88 Å². The molecule has 0 radical (unpaired) electrons. The van der Waals surface area contributed by atoms with Crippen molar-refractivity contribution in [1.29, 1.82) is 0 Å². The van der Waals surface area contributed by atoms with Gasteiger partial charge in [-0.15, -0.1) is 11.8 Å². The number of thiazole rings is 1. The number of hydrogen-bond donors (Lipinski definition) is 0. The molecule has 3 rings (SSSR count). The summed E-state index contributed by atoms with van der Waals surface area (Å²) in [5.41, 5.74) is 0.918. The molecule has 0 unspecified atom stereocenters. The third kappa shape index (κ3) is 5.94. The van der Waals surface area contributed by atoms with Crippen LogP contribution in [0.5, 0.6) is 0 Å². The summed E-state index contributed by atoms with van der Waals surface area (Å²) in [6.07, 6.45) is 0.459. The van der Waals surface area contributed by atoms with Crippen LogP contribution >= 0.6 is 50.6 Å². The normalized spacial score (nSPS) is 11.3. The van der Waals surface area contributed by atoms with Crippen molar-refractivity contribution < 1.29 is 4.79 Å². The molecule has 1 aromatic heterocycles. The molecule has 0 N–H and O–H groups in total. The van der Waals surface area contributed by atoms with E-state index in [0.717, 1.165) is 42.0 Å². The van der Waals surface area contributed by atoms with E-state index in [9.17, 15) is 4.79 Å². The average Bonchev–Trinajstić information content (AvgIpc) is 3.06. The van der Waals surface area contributed by atoms with Gasteiger partial charge in [-0.05, 0) is 56.6 Å². The quantitative estimate of drug-likeness (QED) is 0.368. The van der Waals surface area contributed by atoms with E-state index in [1.54, 1.807) is 23.1 Å². The van der Waals surface area contributed by atoms with E-state index in [-0.39, 0.29) is 5.91 Å². The highest BCUT2D eigenvalue weighted by Gasteiger charge is 2.19. The molecule has 3 aromatic rings. The number of nitrogens with zero attached hydrogens (tertiary/aromatic N) is 3. The van der Waals surface area contributed by atoms with Crippen LogP contribution in [0.2, 0.25) is 5.02 Å². The first kappa shape index (κ1) is 21.6. The van der Waals surface area contributed by atoms with Crippen molar-refractivity contribution in [3.05, 3.63) is 52.0 Å². The molecule has 0 aliphatic heterocycles. The van der Waals surface area contributed by atoms with Crippen molar-refractivity contribution in [2.75, 3.05) is 37.8 Å². The summed E-state index contributed by atoms with van der Waals surface area (Å²) >= 11 is 12.6. The second kappa shape index (κ2) is 10.1. The van der Waals surface area contributed by atoms with Gasteiger partial charge >= 0.3 is 0 Å². The number of aromatic nitrogens is 1. The number of hydrogen-bond acceptors (Lipinski definition) is 5. The third-order valence-electron chi connectivity index (χ3n) is 4.04. The summed E-state index contributed by atoms with van der Waals surface area (Å²) in [6, 6.07) is 13.7. The molecule has 4 nitrogen and oxygen atoms in total. The summed E-state index contributed by atoms with van der Waals surface area (Å²) in [5, 5.41) is 1.48. The lowest BCUT2D eigenvalue weighted by Crippen LogP contribution is -2.36. The fraction of sp³-hybridized carbons (Fsp3) is 0.300. The molecule has 0 fully saturated rings. The number of fused-ring (bicyclic) bond motifs is 1. The molecule has 0 aliphatic rings. The Morgan fingerprint density at radius 3 is 2.64 bits per heavy atom. The summed E-state index contributed by atoms with van der Waals surface area (Å²) in [6.45, 7) is 1.41. The summed E-state index contributed by atoms with van der Waals surface area (Å²) in [7, 11) is 4.02. The molecule has 0 saturated carbocycles. The number of benzene rings is 2. The molecule has 148 valence electrons. The molecule has 2 aromatic carbocycles. The molecule has 0 atom stereocenters. The fourth-order valence-corrected chi connectivity index (χ4v) is 5.08. The maximum Gasteiger partial charge on any atom is 0.229 e. The molecule has 8 heteroatoms. The van der Waals surface area contributed by atoms with Crippen molar-refractivity contribution >= 4 is 71.9 Å². The summed E-state index contributed by atoms with van der Waals surface area (Å²) < 4.78 is 2.09. The number of carbonyl (C=O) groups excluding carboxylic acids is 1. The SMILES string of the molecule is CN(C)CCN(C(=O)CCSc1ccc(Cl)cc1)c1nc2ccc(Br)cc2s1. The number of anilines is 1. The molecule has 0 spiro atoms. The Kier molecular flexibility index (Phi) is 7.77. The molecule has 0 aliphatic carbocycles. The minimum atomic E-state index is 0.0986. The lowest BCUT2D eigenvalue weighted by molar-refractivity contribution is -0.118. The van der Waals surface area contributed by atoms with Crippen LogP contribution in [-0.2, 0) is 4.79 Å². The van der Waals surface area contributed by atoms with E-state index in [2.05, 4.69) is 20.8 Å². The van der Waals surface area contributed by atoms with Gasteiger partial charge in [0.05, 0.1) is 10.2 Å². The number of thioether (sulfide) groups is 1. The summed E-state index contributed by atoms with van der Waals surface area (Å²) in [5.74, 6) is 0.816. The average molecular weight is 499 g/mol. The van der Waals surface area contributed by atoms with E-state index in [0.29, 0.717) is 13.0 Å². The number of halogens is 2. The van der Waals surface area contributed by atoms with Crippen molar-refractivity contribution in [3.63, 3.8) is 0 Å². The first-order valence-corrected chi connectivity index (χ1v) is 11.8. The maximum atomic E-state index is 13.0. The second-order valence-electron chi connectivity index (χ2n) is 6.51. The first-order chi connectivity index (χ1) is 13.4. The van der Waals surface area contributed by atoms with Crippen LogP contribution in [-0.4, -0.2) is 48.7 Å². The molecular formula is C20H21BrClN3OS2. The lowest BCUT2D eigenvalue weighted by Gasteiger charge is -2.22. The van der Waals surface area contributed by atoms with Gasteiger partial charge in [-0.25, -0.2) is 4.98 Å². The highest BCUT2D eigenvalue weighted by Crippen LogP contribution is 2.31. The summed E-state index contributed by atoms with van der Waals surface area (Å²) in [4.78, 5) is 22.7. The number of rotatable bonds is 8. The molecule has 1 heterocycles. The van der Waals surface area contributed by atoms with Crippen molar-refractivity contribution in [2.45, 2.75) is 11.3 Å². The second-order valence-corrected chi connectivity index (χ2v) is 10.0. The van der Waals surface area contributed by atoms with Crippen LogP contribution in [0.1, 0.15) is 6.42 Å². The lowest BCUT2D eigenvalue weighted by atomic mass is 10.3. The molecule has 28 heavy (non-hydrogen) atoms. The molecule has 0 saturated heterocycles. The minimum Gasteiger partial charge on any atom is -0.308 e. The van der Waals surface area contributed by atoms with Gasteiger partial charge in [0.15, 0.2) is 5.13 Å². The van der Waals surface area contributed by atoms with Crippen LogP contribution in [0.4, 0.5) is 5.13 Å². The van der Waals surface area contributed by atoms with E-state index in [4.69, 9.17) is 16.6 Å². The predicted octanol–water partition coefficient (Wildman–Crippen LogP) is 5.79. The van der Waals surface area contributed by atoms with Gasteiger partial charge in [0.25, 0.3) is 0 Å². The minimum absolute atomic E-state index is 0.0986. The largest absolute Gasteiger partial charge is 0.308 e. The monoisotopic (exact) mass is 497 g/mol. The number of carbonyl (C=O) groups is 1. The van der Waals surface area contributed by atoms with Crippen LogP contribution in [0.15, 0.2) is 51.8 Å². The van der Waals surface area contributed by atoms with E-state index < -0.39 is 0 Å². The highest BCUT2D eigenvalue weighted by molar-refractivity contribution is 9.10. The number of amides is 1. The van der Waals surface area contributed by atoms with Crippen LogP contribution in [0.3, 0.4) is 0 Å². The number of likely N-dealkylation sites (N-methyl/N-ethyl adjacent to an activating group) is 1. The Labute approximate surface area is 187 Å². The highest BCUT2D eigenvalue weighted by atomic mass is 79.9. The van der Waals surface area contributed by atoms with Gasteiger partial charge in [-0.2, -0.15) is 0 Å². The van der Waals surface area contributed by atoms with Crippen LogP contribution < -0.4 is 4.90 Å². The zero-order chi connectivity index (χ0) is 20.1. The van der Waals surface area contributed by atoms with E-state index in [1.165, 1.54) is 0 Å². The zero-order valence-corrected chi connectivity index (χ0v) is 19.7. The van der Waals surface area contributed by atoms with E-state index in [1.807, 2.05) is 61.5 Å². The Hall–Kier alpha value is -1.12. The fourth-order valence-electron chi connectivity index (χ4n) is 2.55. The standard InChI is InChI=1S/C20H21BrClN3OS2/c1-24(2)10-11-25(20-23-17-8-3-14(21)13-18(17)28-20)19(26)9-12-27-16-6-4-15(22)5-7-16/h3-8,13H,9-12H2,1-2H3. The van der Waals surface area contributed by atoms with Gasteiger partial charge in [0, 0.05) is 39.7 Å². The van der Waals surface area contributed by atoms with Gasteiger partial charge in [0.2, 0.25) is 5.91 Å². The van der Waals surface area contributed by atoms with Gasteiger partial charge < -0.3 is 4.90 Å². The Balaban J connectivity index is 1.70. The van der Waals surface area contributed by atoms with Gasteiger partial charge in [-0.3, -0.25) is 9.69 Å². The van der Waals surface area contributed by atoms with Crippen LogP contribution in [0.25, 0.3) is 10.2 Å². The third-order valence-corrected chi connectivity index (χ3v) is 6.84.